The summed E-state index contributed by atoms with van der Waals surface area (Å²) < 4.78 is 20.4. The summed E-state index contributed by atoms with van der Waals surface area (Å²) in [6.45, 7) is 0. The first-order valence-corrected chi connectivity index (χ1v) is 6.02. The van der Waals surface area contributed by atoms with Gasteiger partial charge < -0.3 is 10.2 Å². The van der Waals surface area contributed by atoms with Crippen LogP contribution in [0.15, 0.2) is 34.9 Å². The molecule has 0 aliphatic carbocycles. The lowest BCUT2D eigenvalue weighted by Gasteiger charge is -2.12. The Morgan fingerprint density at radius 2 is 2.20 bits per heavy atom. The predicted octanol–water partition coefficient (Wildman–Crippen LogP) is 1.44. The molecule has 3 rings (SSSR count). The minimum atomic E-state index is -0.445. The van der Waals surface area contributed by atoms with Gasteiger partial charge in [0.05, 0.1) is 6.20 Å². The SMILES string of the molecule is Cn1ncc(C(NN)c2cc3cc(F)ccc3o2)c1N. The Balaban J connectivity index is 2.09. The number of aryl methyl sites for hydroxylation is 1. The van der Waals surface area contributed by atoms with Crippen molar-refractivity contribution in [1.82, 2.24) is 15.2 Å². The summed E-state index contributed by atoms with van der Waals surface area (Å²) in [4.78, 5) is 0. The Hall–Kier alpha value is -2.38. The second-order valence-corrected chi connectivity index (χ2v) is 4.54. The maximum Gasteiger partial charge on any atom is 0.134 e. The van der Waals surface area contributed by atoms with Crippen LogP contribution in [0.3, 0.4) is 0 Å². The number of furan rings is 1. The second kappa shape index (κ2) is 4.62. The van der Waals surface area contributed by atoms with Gasteiger partial charge in [-0.2, -0.15) is 5.10 Å². The topological polar surface area (TPSA) is 95.0 Å². The molecular weight excluding hydrogens is 261 g/mol. The van der Waals surface area contributed by atoms with E-state index in [1.165, 1.54) is 12.1 Å². The van der Waals surface area contributed by atoms with E-state index in [9.17, 15) is 4.39 Å². The van der Waals surface area contributed by atoms with E-state index in [0.29, 0.717) is 28.1 Å². The van der Waals surface area contributed by atoms with Gasteiger partial charge in [-0.15, -0.1) is 0 Å². The summed E-state index contributed by atoms with van der Waals surface area (Å²) in [6.07, 6.45) is 1.62. The number of halogens is 1. The number of rotatable bonds is 3. The van der Waals surface area contributed by atoms with E-state index in [2.05, 4.69) is 10.5 Å². The summed E-state index contributed by atoms with van der Waals surface area (Å²) in [6, 6.07) is 5.62. The molecule has 0 spiro atoms. The van der Waals surface area contributed by atoms with Gasteiger partial charge in [-0.1, -0.05) is 0 Å². The Bertz CT molecular complexity index is 763. The fourth-order valence-corrected chi connectivity index (χ4v) is 2.19. The molecule has 1 aromatic carbocycles. The van der Waals surface area contributed by atoms with E-state index in [4.69, 9.17) is 16.0 Å². The first-order valence-electron chi connectivity index (χ1n) is 6.02. The van der Waals surface area contributed by atoms with Crippen molar-refractivity contribution in [2.24, 2.45) is 12.9 Å². The Morgan fingerprint density at radius 1 is 1.40 bits per heavy atom. The zero-order valence-electron chi connectivity index (χ0n) is 10.8. The number of hydrogen-bond donors (Lipinski definition) is 3. The van der Waals surface area contributed by atoms with Crippen LogP contribution in [-0.2, 0) is 7.05 Å². The third-order valence-electron chi connectivity index (χ3n) is 3.27. The number of nitrogens with two attached hydrogens (primary N) is 2. The lowest BCUT2D eigenvalue weighted by Crippen LogP contribution is -2.29. The van der Waals surface area contributed by atoms with Crippen LogP contribution >= 0.6 is 0 Å². The Kier molecular flexibility index (Phi) is 2.92. The third kappa shape index (κ3) is 1.93. The zero-order valence-corrected chi connectivity index (χ0v) is 10.8. The maximum absolute atomic E-state index is 13.2. The van der Waals surface area contributed by atoms with Crippen LogP contribution in [0.1, 0.15) is 17.4 Å². The van der Waals surface area contributed by atoms with E-state index >= 15 is 0 Å². The largest absolute Gasteiger partial charge is 0.459 e. The van der Waals surface area contributed by atoms with Crippen molar-refractivity contribution in [3.8, 4) is 0 Å². The number of hydrazine groups is 1. The lowest BCUT2D eigenvalue weighted by molar-refractivity contribution is 0.477. The van der Waals surface area contributed by atoms with Crippen molar-refractivity contribution in [1.29, 1.82) is 0 Å². The molecule has 6 nitrogen and oxygen atoms in total. The average molecular weight is 275 g/mol. The lowest BCUT2D eigenvalue weighted by atomic mass is 10.1. The molecule has 3 aromatic rings. The highest BCUT2D eigenvalue weighted by molar-refractivity contribution is 5.78. The van der Waals surface area contributed by atoms with E-state index in [0.717, 1.165) is 0 Å². The molecule has 5 N–H and O–H groups in total. The van der Waals surface area contributed by atoms with Gasteiger partial charge in [-0.25, -0.2) is 9.82 Å². The zero-order chi connectivity index (χ0) is 14.3. The van der Waals surface area contributed by atoms with Crippen LogP contribution in [0.25, 0.3) is 11.0 Å². The normalized spacial score (nSPS) is 12.9. The monoisotopic (exact) mass is 275 g/mol. The summed E-state index contributed by atoms with van der Waals surface area (Å²) in [7, 11) is 1.74. The highest BCUT2D eigenvalue weighted by Crippen LogP contribution is 2.30. The number of fused-ring (bicyclic) bond motifs is 1. The molecule has 0 saturated carbocycles. The molecule has 0 aliphatic heterocycles. The van der Waals surface area contributed by atoms with Gasteiger partial charge in [-0.3, -0.25) is 10.5 Å². The van der Waals surface area contributed by atoms with Gasteiger partial charge in [0, 0.05) is 18.0 Å². The molecule has 0 amide bonds. The minimum absolute atomic E-state index is 0.317. The van der Waals surface area contributed by atoms with Crippen molar-refractivity contribution in [2.75, 3.05) is 5.73 Å². The number of benzene rings is 1. The molecule has 0 radical (unpaired) electrons. The summed E-state index contributed by atoms with van der Waals surface area (Å²) in [5.41, 5.74) is 9.87. The van der Waals surface area contributed by atoms with Gasteiger partial charge in [0.1, 0.15) is 29.0 Å². The van der Waals surface area contributed by atoms with Crippen LogP contribution in [0.5, 0.6) is 0 Å². The van der Waals surface area contributed by atoms with E-state index in [1.54, 1.807) is 30.1 Å². The molecule has 0 saturated heterocycles. The highest BCUT2D eigenvalue weighted by Gasteiger charge is 2.22. The van der Waals surface area contributed by atoms with Crippen molar-refractivity contribution in [2.45, 2.75) is 6.04 Å². The highest BCUT2D eigenvalue weighted by atomic mass is 19.1. The van der Waals surface area contributed by atoms with Gasteiger partial charge in [0.15, 0.2) is 0 Å². The number of aromatic nitrogens is 2. The first-order chi connectivity index (χ1) is 9.60. The molecule has 7 heteroatoms. The van der Waals surface area contributed by atoms with E-state index < -0.39 is 6.04 Å². The van der Waals surface area contributed by atoms with Crippen molar-refractivity contribution in [3.63, 3.8) is 0 Å². The summed E-state index contributed by atoms with van der Waals surface area (Å²) in [5.74, 6) is 6.31. The van der Waals surface area contributed by atoms with Crippen LogP contribution in [0.2, 0.25) is 0 Å². The standard InChI is InChI=1S/C13H14FN5O/c1-19-13(15)9(6-17-19)12(18-16)11-5-7-4-8(14)2-3-10(7)20-11/h2-6,12,18H,15-16H2,1H3. The first kappa shape index (κ1) is 12.6. The quantitative estimate of drug-likeness (QED) is 0.496. The smallest absolute Gasteiger partial charge is 0.134 e. The van der Waals surface area contributed by atoms with Crippen LogP contribution < -0.4 is 17.0 Å². The fourth-order valence-electron chi connectivity index (χ4n) is 2.19. The van der Waals surface area contributed by atoms with Gasteiger partial charge in [-0.05, 0) is 24.3 Å². The van der Waals surface area contributed by atoms with Crippen molar-refractivity contribution >= 4 is 16.8 Å². The number of hydrogen-bond acceptors (Lipinski definition) is 5. The van der Waals surface area contributed by atoms with Crippen molar-refractivity contribution in [3.05, 3.63) is 47.6 Å². The van der Waals surface area contributed by atoms with Gasteiger partial charge >= 0.3 is 0 Å². The number of anilines is 1. The van der Waals surface area contributed by atoms with Crippen LogP contribution in [-0.4, -0.2) is 9.78 Å². The minimum Gasteiger partial charge on any atom is -0.459 e. The number of nitrogens with one attached hydrogen (secondary N) is 1. The van der Waals surface area contributed by atoms with E-state index in [-0.39, 0.29) is 5.82 Å². The Morgan fingerprint density at radius 3 is 2.85 bits per heavy atom. The molecule has 20 heavy (non-hydrogen) atoms. The fraction of sp³-hybridized carbons (Fsp3) is 0.154. The maximum atomic E-state index is 13.2. The molecule has 2 heterocycles. The molecular formula is C13H14FN5O. The molecule has 0 bridgehead atoms. The van der Waals surface area contributed by atoms with Crippen LogP contribution in [0.4, 0.5) is 10.2 Å². The third-order valence-corrected chi connectivity index (χ3v) is 3.27. The summed E-state index contributed by atoms with van der Waals surface area (Å²) >= 11 is 0. The van der Waals surface area contributed by atoms with Crippen LogP contribution in [0, 0.1) is 5.82 Å². The Labute approximate surface area is 114 Å². The number of nitrogen functional groups attached to an aromatic ring is 1. The molecule has 0 fully saturated rings. The summed E-state index contributed by atoms with van der Waals surface area (Å²) in [5, 5.41) is 4.74. The van der Waals surface area contributed by atoms with Gasteiger partial charge in [0.2, 0.25) is 0 Å². The molecule has 104 valence electrons. The van der Waals surface area contributed by atoms with Crippen molar-refractivity contribution < 1.29 is 8.81 Å². The molecule has 1 unspecified atom stereocenters. The van der Waals surface area contributed by atoms with Gasteiger partial charge in [0.25, 0.3) is 0 Å². The average Bonchev–Trinajstić information content (AvgIpc) is 2.97. The number of nitrogens with zero attached hydrogens (tertiary/aromatic N) is 2. The molecule has 2 aromatic heterocycles. The molecule has 1 atom stereocenters. The van der Waals surface area contributed by atoms with E-state index in [1.807, 2.05) is 0 Å². The predicted molar refractivity (Wildman–Crippen MR) is 73.0 cm³/mol. The second-order valence-electron chi connectivity index (χ2n) is 4.54. The molecule has 0 aliphatic rings.